The smallest absolute Gasteiger partial charge is 0.180 e. The summed E-state index contributed by atoms with van der Waals surface area (Å²) in [4.78, 5) is 3.93. The Morgan fingerprint density at radius 2 is 2.44 bits per heavy atom. The van der Waals surface area contributed by atoms with Crippen LogP contribution in [0.5, 0.6) is 0 Å². The zero-order valence-electron chi connectivity index (χ0n) is 9.86. The van der Waals surface area contributed by atoms with Crippen LogP contribution in [-0.4, -0.2) is 11.0 Å². The molecule has 16 heavy (non-hydrogen) atoms. The maximum Gasteiger partial charge on any atom is 0.180 e. The average Bonchev–Trinajstić information content (AvgIpc) is 3.01. The van der Waals surface area contributed by atoms with Gasteiger partial charge in [0.15, 0.2) is 6.39 Å². The van der Waals surface area contributed by atoms with Crippen LogP contribution >= 0.6 is 0 Å². The van der Waals surface area contributed by atoms with Crippen molar-refractivity contribution in [3.8, 4) is 0 Å². The summed E-state index contributed by atoms with van der Waals surface area (Å²) in [6.45, 7) is 3.14. The van der Waals surface area contributed by atoms with Gasteiger partial charge >= 0.3 is 0 Å². The van der Waals surface area contributed by atoms with Gasteiger partial charge in [0.2, 0.25) is 0 Å². The van der Waals surface area contributed by atoms with E-state index in [-0.39, 0.29) is 0 Å². The predicted octanol–water partition coefficient (Wildman–Crippen LogP) is 2.59. The van der Waals surface area contributed by atoms with Crippen LogP contribution in [0.2, 0.25) is 0 Å². The molecule has 2 saturated carbocycles. The Bertz CT molecular complexity index is 336. The fourth-order valence-electron chi connectivity index (χ4n) is 3.65. The minimum absolute atomic E-state index is 0.611. The molecule has 0 spiro atoms. The van der Waals surface area contributed by atoms with Crippen LogP contribution in [0.25, 0.3) is 0 Å². The zero-order chi connectivity index (χ0) is 11.0. The van der Waals surface area contributed by atoms with Crippen molar-refractivity contribution >= 4 is 0 Å². The van der Waals surface area contributed by atoms with Gasteiger partial charge < -0.3 is 9.73 Å². The quantitative estimate of drug-likeness (QED) is 0.847. The molecule has 2 aliphatic carbocycles. The topological polar surface area (TPSA) is 38.1 Å². The molecule has 0 saturated heterocycles. The monoisotopic (exact) mass is 220 g/mol. The number of fused-ring (bicyclic) bond motifs is 2. The van der Waals surface area contributed by atoms with Gasteiger partial charge in [0, 0.05) is 6.04 Å². The van der Waals surface area contributed by atoms with Crippen molar-refractivity contribution in [1.29, 1.82) is 0 Å². The lowest BCUT2D eigenvalue weighted by Crippen LogP contribution is -2.35. The Balaban J connectivity index is 1.52. The summed E-state index contributed by atoms with van der Waals surface area (Å²) >= 11 is 0. The summed E-state index contributed by atoms with van der Waals surface area (Å²) < 4.78 is 5.23. The second kappa shape index (κ2) is 4.21. The molecule has 4 atom stereocenters. The van der Waals surface area contributed by atoms with Gasteiger partial charge in [-0.3, -0.25) is 0 Å². The molecule has 88 valence electrons. The summed E-state index contributed by atoms with van der Waals surface area (Å²) in [5.74, 6) is 3.85. The highest BCUT2D eigenvalue weighted by Gasteiger charge is 2.41. The van der Waals surface area contributed by atoms with Crippen molar-refractivity contribution < 1.29 is 4.42 Å². The Morgan fingerprint density at radius 1 is 1.50 bits per heavy atom. The molecule has 3 nitrogen and oxygen atoms in total. The van der Waals surface area contributed by atoms with Crippen molar-refractivity contribution in [2.24, 2.45) is 17.8 Å². The van der Waals surface area contributed by atoms with E-state index in [1.54, 1.807) is 6.20 Å². The van der Waals surface area contributed by atoms with Gasteiger partial charge in [-0.25, -0.2) is 4.98 Å². The van der Waals surface area contributed by atoms with Crippen molar-refractivity contribution in [1.82, 2.24) is 10.3 Å². The molecular formula is C13H20N2O. The molecule has 3 rings (SSSR count). The molecule has 1 N–H and O–H groups in total. The zero-order valence-corrected chi connectivity index (χ0v) is 9.86. The Labute approximate surface area is 96.6 Å². The number of hydrogen-bond acceptors (Lipinski definition) is 3. The van der Waals surface area contributed by atoms with E-state index in [0.29, 0.717) is 6.04 Å². The van der Waals surface area contributed by atoms with E-state index >= 15 is 0 Å². The lowest BCUT2D eigenvalue weighted by Gasteiger charge is -2.28. The Kier molecular flexibility index (Phi) is 2.72. The highest BCUT2D eigenvalue weighted by Crippen LogP contribution is 2.49. The van der Waals surface area contributed by atoms with Gasteiger partial charge in [-0.05, 0) is 43.9 Å². The van der Waals surface area contributed by atoms with Crippen LogP contribution in [0.3, 0.4) is 0 Å². The van der Waals surface area contributed by atoms with E-state index in [1.165, 1.54) is 32.1 Å². The van der Waals surface area contributed by atoms with E-state index in [9.17, 15) is 0 Å². The third-order valence-electron chi connectivity index (χ3n) is 4.52. The molecule has 0 amide bonds. The molecular weight excluding hydrogens is 200 g/mol. The number of oxazole rings is 1. The molecule has 2 aliphatic rings. The van der Waals surface area contributed by atoms with Crippen LogP contribution < -0.4 is 5.32 Å². The van der Waals surface area contributed by atoms with Gasteiger partial charge in [-0.2, -0.15) is 0 Å². The molecule has 3 heteroatoms. The molecule has 1 aromatic heterocycles. The third kappa shape index (κ3) is 1.88. The molecule has 1 aromatic rings. The van der Waals surface area contributed by atoms with E-state index in [1.807, 2.05) is 0 Å². The number of hydrogen-bond donors (Lipinski definition) is 1. The van der Waals surface area contributed by atoms with Crippen LogP contribution in [-0.2, 0) is 6.54 Å². The van der Waals surface area contributed by atoms with E-state index in [0.717, 1.165) is 30.1 Å². The van der Waals surface area contributed by atoms with Crippen LogP contribution in [0.1, 0.15) is 38.4 Å². The molecule has 0 aliphatic heterocycles. The number of aromatic nitrogens is 1. The first kappa shape index (κ1) is 10.3. The van der Waals surface area contributed by atoms with Crippen molar-refractivity contribution in [2.45, 2.75) is 45.2 Å². The maximum atomic E-state index is 5.23. The number of rotatable bonds is 4. The minimum Gasteiger partial charge on any atom is -0.447 e. The van der Waals surface area contributed by atoms with Gasteiger partial charge in [0.25, 0.3) is 0 Å². The highest BCUT2D eigenvalue weighted by molar-refractivity contribution is 4.95. The number of nitrogens with one attached hydrogen (secondary N) is 1. The molecule has 4 unspecified atom stereocenters. The van der Waals surface area contributed by atoms with E-state index in [4.69, 9.17) is 4.42 Å². The Morgan fingerprint density at radius 3 is 3.06 bits per heavy atom. The fraction of sp³-hybridized carbons (Fsp3) is 0.769. The summed E-state index contributed by atoms with van der Waals surface area (Å²) in [5, 5.41) is 3.58. The largest absolute Gasteiger partial charge is 0.447 e. The average molecular weight is 220 g/mol. The lowest BCUT2D eigenvalue weighted by molar-refractivity contribution is 0.255. The van der Waals surface area contributed by atoms with Crippen LogP contribution in [0.4, 0.5) is 0 Å². The molecule has 1 heterocycles. The SMILES string of the molecule is CC(NCc1cnco1)C1CC2CCC1C2. The summed E-state index contributed by atoms with van der Waals surface area (Å²) in [5.41, 5.74) is 0. The second-order valence-electron chi connectivity index (χ2n) is 5.48. The second-order valence-corrected chi connectivity index (χ2v) is 5.48. The van der Waals surface area contributed by atoms with Gasteiger partial charge in [0.05, 0.1) is 12.7 Å². The third-order valence-corrected chi connectivity index (χ3v) is 4.52. The van der Waals surface area contributed by atoms with Gasteiger partial charge in [-0.15, -0.1) is 0 Å². The maximum absolute atomic E-state index is 5.23. The molecule has 0 aromatic carbocycles. The Hall–Kier alpha value is -0.830. The predicted molar refractivity (Wildman–Crippen MR) is 61.7 cm³/mol. The lowest BCUT2D eigenvalue weighted by atomic mass is 9.84. The van der Waals surface area contributed by atoms with Crippen LogP contribution in [0, 0.1) is 17.8 Å². The van der Waals surface area contributed by atoms with Crippen molar-refractivity contribution in [2.75, 3.05) is 0 Å². The van der Waals surface area contributed by atoms with Crippen LogP contribution in [0.15, 0.2) is 17.0 Å². The number of nitrogens with zero attached hydrogens (tertiary/aromatic N) is 1. The molecule has 2 bridgehead atoms. The van der Waals surface area contributed by atoms with Gasteiger partial charge in [-0.1, -0.05) is 6.42 Å². The first-order valence-electron chi connectivity index (χ1n) is 6.43. The first-order valence-corrected chi connectivity index (χ1v) is 6.43. The van der Waals surface area contributed by atoms with Crippen molar-refractivity contribution in [3.63, 3.8) is 0 Å². The summed E-state index contributed by atoms with van der Waals surface area (Å²) in [7, 11) is 0. The van der Waals surface area contributed by atoms with Crippen molar-refractivity contribution in [3.05, 3.63) is 18.4 Å². The first-order chi connectivity index (χ1) is 7.83. The standard InChI is InChI=1S/C13H20N2O/c1-9(15-7-12-6-14-8-16-12)13-5-10-2-3-11(13)4-10/h6,8-11,13,15H,2-5,7H2,1H3. The summed E-state index contributed by atoms with van der Waals surface area (Å²) in [6.07, 6.45) is 9.16. The summed E-state index contributed by atoms with van der Waals surface area (Å²) in [6, 6.07) is 0.611. The molecule has 0 radical (unpaired) electrons. The van der Waals surface area contributed by atoms with Gasteiger partial charge in [0.1, 0.15) is 5.76 Å². The van der Waals surface area contributed by atoms with E-state index in [2.05, 4.69) is 17.2 Å². The highest BCUT2D eigenvalue weighted by atomic mass is 16.3. The van der Waals surface area contributed by atoms with E-state index < -0.39 is 0 Å². The fourth-order valence-corrected chi connectivity index (χ4v) is 3.65. The minimum atomic E-state index is 0.611. The normalized spacial score (nSPS) is 34.4. The molecule has 2 fully saturated rings.